The zero-order chi connectivity index (χ0) is 21.3. The summed E-state index contributed by atoms with van der Waals surface area (Å²) in [6.07, 6.45) is 1.93. The van der Waals surface area contributed by atoms with Crippen LogP contribution in [0.4, 0.5) is 21.6 Å². The first-order valence-corrected chi connectivity index (χ1v) is 10.1. The third-order valence-corrected chi connectivity index (χ3v) is 5.40. The maximum absolute atomic E-state index is 14.0. The highest BCUT2D eigenvalue weighted by Crippen LogP contribution is 2.28. The minimum Gasteiger partial charge on any atom is -0.372 e. The summed E-state index contributed by atoms with van der Waals surface area (Å²) in [5, 5.41) is 2.82. The molecule has 1 aromatic heterocycles. The number of anilines is 3. The average molecular weight is 412 g/mol. The van der Waals surface area contributed by atoms with Gasteiger partial charge in [-0.1, -0.05) is 12.1 Å². The summed E-state index contributed by atoms with van der Waals surface area (Å²) >= 11 is 0. The fourth-order valence-electron chi connectivity index (χ4n) is 4.04. The molecule has 2 fully saturated rings. The van der Waals surface area contributed by atoms with Crippen molar-refractivity contribution in [1.82, 2.24) is 4.98 Å². The predicted octanol–water partition coefficient (Wildman–Crippen LogP) is 2.83. The third-order valence-electron chi connectivity index (χ3n) is 5.40. The molecule has 158 valence electrons. The number of nitrogens with zero attached hydrogens (tertiary/aromatic N) is 3. The highest BCUT2D eigenvalue weighted by atomic mass is 19.1. The molecule has 8 heteroatoms. The molecule has 2 aliphatic heterocycles. The smallest absolute Gasteiger partial charge is 0.229 e. The minimum absolute atomic E-state index is 0.0508. The summed E-state index contributed by atoms with van der Waals surface area (Å²) in [5.41, 5.74) is 0.771. The molecule has 2 aromatic rings. The highest BCUT2D eigenvalue weighted by molar-refractivity contribution is 6.03. The van der Waals surface area contributed by atoms with Gasteiger partial charge in [0.15, 0.2) is 0 Å². The van der Waals surface area contributed by atoms with Gasteiger partial charge >= 0.3 is 0 Å². The molecular formula is C22H25FN4O3. The molecule has 2 amide bonds. The molecule has 7 nitrogen and oxygen atoms in total. The van der Waals surface area contributed by atoms with Gasteiger partial charge in [0.05, 0.1) is 35.7 Å². The zero-order valence-electron chi connectivity index (χ0n) is 17.0. The van der Waals surface area contributed by atoms with Gasteiger partial charge in [0.1, 0.15) is 11.6 Å². The van der Waals surface area contributed by atoms with Crippen LogP contribution in [0.1, 0.15) is 20.3 Å². The van der Waals surface area contributed by atoms with Gasteiger partial charge in [-0.3, -0.25) is 9.59 Å². The number of benzene rings is 1. The van der Waals surface area contributed by atoms with Crippen molar-refractivity contribution in [3.05, 3.63) is 48.4 Å². The predicted molar refractivity (Wildman–Crippen MR) is 112 cm³/mol. The van der Waals surface area contributed by atoms with E-state index in [1.165, 1.54) is 11.0 Å². The Morgan fingerprint density at radius 3 is 2.53 bits per heavy atom. The number of rotatable bonds is 4. The topological polar surface area (TPSA) is 74.8 Å². The van der Waals surface area contributed by atoms with Crippen molar-refractivity contribution in [2.45, 2.75) is 32.5 Å². The van der Waals surface area contributed by atoms with Gasteiger partial charge in [-0.2, -0.15) is 0 Å². The Kier molecular flexibility index (Phi) is 5.67. The number of nitrogens with one attached hydrogen (secondary N) is 1. The van der Waals surface area contributed by atoms with E-state index in [-0.39, 0.29) is 42.7 Å². The molecule has 30 heavy (non-hydrogen) atoms. The van der Waals surface area contributed by atoms with Crippen molar-refractivity contribution < 1.29 is 18.7 Å². The van der Waals surface area contributed by atoms with E-state index in [4.69, 9.17) is 4.74 Å². The fraction of sp³-hybridized carbons (Fsp3) is 0.409. The molecule has 0 aliphatic carbocycles. The molecule has 0 spiro atoms. The Morgan fingerprint density at radius 1 is 1.13 bits per heavy atom. The molecule has 2 aliphatic rings. The van der Waals surface area contributed by atoms with Gasteiger partial charge < -0.3 is 19.9 Å². The van der Waals surface area contributed by atoms with Crippen LogP contribution in [-0.4, -0.2) is 48.6 Å². The molecule has 1 N–H and O–H groups in total. The van der Waals surface area contributed by atoms with Gasteiger partial charge in [0.2, 0.25) is 11.8 Å². The van der Waals surface area contributed by atoms with Crippen LogP contribution in [0.3, 0.4) is 0 Å². The fourth-order valence-corrected chi connectivity index (χ4v) is 4.04. The number of aromatic nitrogens is 1. The monoisotopic (exact) mass is 412 g/mol. The molecule has 0 saturated carbocycles. The lowest BCUT2D eigenvalue weighted by Gasteiger charge is -2.36. The van der Waals surface area contributed by atoms with Gasteiger partial charge in [0.25, 0.3) is 0 Å². The van der Waals surface area contributed by atoms with E-state index in [2.05, 4.69) is 15.2 Å². The summed E-state index contributed by atoms with van der Waals surface area (Å²) in [7, 11) is 0. The molecule has 0 unspecified atom stereocenters. The lowest BCUT2D eigenvalue weighted by atomic mass is 10.1. The van der Waals surface area contributed by atoms with Crippen molar-refractivity contribution >= 4 is 29.0 Å². The third kappa shape index (κ3) is 4.28. The van der Waals surface area contributed by atoms with E-state index < -0.39 is 11.7 Å². The molecule has 4 rings (SSSR count). The van der Waals surface area contributed by atoms with Gasteiger partial charge in [-0.25, -0.2) is 9.37 Å². The molecular weight excluding hydrogens is 387 g/mol. The van der Waals surface area contributed by atoms with Crippen LogP contribution in [0.2, 0.25) is 0 Å². The van der Waals surface area contributed by atoms with Gasteiger partial charge in [-0.05, 0) is 38.1 Å². The maximum atomic E-state index is 14.0. The van der Waals surface area contributed by atoms with Crippen molar-refractivity contribution in [2.75, 3.05) is 34.8 Å². The van der Waals surface area contributed by atoms with Crippen LogP contribution in [0, 0.1) is 11.7 Å². The second-order valence-corrected chi connectivity index (χ2v) is 7.91. The van der Waals surface area contributed by atoms with Crippen LogP contribution in [0.15, 0.2) is 42.6 Å². The van der Waals surface area contributed by atoms with Crippen molar-refractivity contribution in [3.63, 3.8) is 0 Å². The zero-order valence-corrected chi connectivity index (χ0v) is 17.0. The molecule has 3 atom stereocenters. The number of ether oxygens (including phenoxy) is 1. The minimum atomic E-state index is -0.544. The van der Waals surface area contributed by atoms with E-state index in [9.17, 15) is 14.0 Å². The van der Waals surface area contributed by atoms with Crippen LogP contribution >= 0.6 is 0 Å². The molecule has 2 saturated heterocycles. The Hall–Kier alpha value is -3.00. The molecule has 0 bridgehead atoms. The van der Waals surface area contributed by atoms with Crippen LogP contribution in [0.5, 0.6) is 0 Å². The largest absolute Gasteiger partial charge is 0.372 e. The Bertz CT molecular complexity index is 926. The lowest BCUT2D eigenvalue weighted by Crippen LogP contribution is -2.45. The Morgan fingerprint density at radius 2 is 1.87 bits per heavy atom. The van der Waals surface area contributed by atoms with Crippen molar-refractivity contribution in [3.8, 4) is 0 Å². The molecule has 3 heterocycles. The SMILES string of the molecule is C[C@@H]1CN(c2ccc(NC(=O)[C@@H]3CC(=O)N(c4ccccc4F)C3)cn2)C[C@H](C)O1. The first-order chi connectivity index (χ1) is 14.4. The van der Waals surface area contributed by atoms with Gasteiger partial charge in [0, 0.05) is 26.1 Å². The van der Waals surface area contributed by atoms with E-state index >= 15 is 0 Å². The van der Waals surface area contributed by atoms with Crippen LogP contribution < -0.4 is 15.1 Å². The van der Waals surface area contributed by atoms with Gasteiger partial charge in [-0.15, -0.1) is 0 Å². The van der Waals surface area contributed by atoms with E-state index in [0.717, 1.165) is 18.9 Å². The van der Waals surface area contributed by atoms with E-state index in [1.807, 2.05) is 19.9 Å². The number of hydrogen-bond acceptors (Lipinski definition) is 5. The van der Waals surface area contributed by atoms with E-state index in [1.54, 1.807) is 30.5 Å². The number of carbonyl (C=O) groups excluding carboxylic acids is 2. The second kappa shape index (κ2) is 8.39. The maximum Gasteiger partial charge on any atom is 0.229 e. The van der Waals surface area contributed by atoms with Crippen LogP contribution in [-0.2, 0) is 14.3 Å². The van der Waals surface area contributed by atoms with Crippen molar-refractivity contribution in [1.29, 1.82) is 0 Å². The number of para-hydroxylation sites is 1. The summed E-state index contributed by atoms with van der Waals surface area (Å²) in [6.45, 7) is 5.74. The Labute approximate surface area is 174 Å². The first kappa shape index (κ1) is 20.3. The normalized spacial score (nSPS) is 24.2. The summed E-state index contributed by atoms with van der Waals surface area (Å²) in [4.78, 5) is 32.9. The lowest BCUT2D eigenvalue weighted by molar-refractivity contribution is -0.122. The standard InChI is InChI=1S/C22H25FN4O3/c1-14-11-26(12-15(2)30-14)20-8-7-17(10-24-20)25-22(29)16-9-21(28)27(13-16)19-6-4-3-5-18(19)23/h3-8,10,14-16H,9,11-13H2,1-2H3,(H,25,29)/t14-,15+,16-/m1/s1. The number of amides is 2. The number of pyridine rings is 1. The van der Waals surface area contributed by atoms with Crippen molar-refractivity contribution in [2.24, 2.45) is 5.92 Å². The quantitative estimate of drug-likeness (QED) is 0.836. The van der Waals surface area contributed by atoms with E-state index in [0.29, 0.717) is 5.69 Å². The number of halogens is 1. The summed E-state index contributed by atoms with van der Waals surface area (Å²) in [6, 6.07) is 9.76. The second-order valence-electron chi connectivity index (χ2n) is 7.91. The summed E-state index contributed by atoms with van der Waals surface area (Å²) < 4.78 is 19.8. The molecule has 0 radical (unpaired) electrons. The number of morpholine rings is 1. The first-order valence-electron chi connectivity index (χ1n) is 10.1. The molecule has 1 aromatic carbocycles. The summed E-state index contributed by atoms with van der Waals surface area (Å²) in [5.74, 6) is -0.720. The average Bonchev–Trinajstić information content (AvgIpc) is 3.10. The van der Waals surface area contributed by atoms with Crippen LogP contribution in [0.25, 0.3) is 0 Å². The number of carbonyl (C=O) groups is 2. The Balaban J connectivity index is 1.38. The number of hydrogen-bond donors (Lipinski definition) is 1. The highest BCUT2D eigenvalue weighted by Gasteiger charge is 2.36.